The number of nitrogens with two attached hydrogens (primary N) is 1. The topological polar surface area (TPSA) is 166 Å². The monoisotopic (exact) mass is 563 g/mol. The van der Waals surface area contributed by atoms with Gasteiger partial charge >= 0.3 is 0 Å². The van der Waals surface area contributed by atoms with Gasteiger partial charge in [-0.2, -0.15) is 5.43 Å². The Hall–Kier alpha value is -3.30. The lowest BCUT2D eigenvalue weighted by atomic mass is 10.0. The van der Waals surface area contributed by atoms with Crippen molar-refractivity contribution in [1.29, 1.82) is 0 Å². The standard InChI is InChI=1S/C22H25N7O5S3/c1-11(2)26-28-6-4-13(5-7-28)35-8-12-9-36-20-16(19(31)29(20)17(12)21(32)33)25-18(30)15(27-34-3)14-10-37-22(23)24-14/h4-7,10-11,16,20,26H,8-9H2,1-3H3,(H3-,23,24,25,30,32,33)/b27-15-/t16-,20-/m1/s1. The smallest absolute Gasteiger partial charge is 0.276 e. The molecule has 0 saturated carbocycles. The normalized spacial score (nSPS) is 19.4. The van der Waals surface area contributed by atoms with Crippen molar-refractivity contribution in [1.82, 2.24) is 15.2 Å². The first-order chi connectivity index (χ1) is 17.7. The number of anilines is 1. The number of fused-ring (bicyclic) bond motifs is 1. The van der Waals surface area contributed by atoms with Crippen LogP contribution < -0.4 is 26.3 Å². The van der Waals surface area contributed by atoms with Gasteiger partial charge in [0.25, 0.3) is 11.8 Å². The number of rotatable bonds is 10. The molecule has 1 fully saturated rings. The van der Waals surface area contributed by atoms with Crippen LogP contribution in [0.25, 0.3) is 0 Å². The molecule has 0 aliphatic carbocycles. The molecule has 0 radical (unpaired) electrons. The fourth-order valence-corrected chi connectivity index (χ4v) is 6.67. The average molecular weight is 564 g/mol. The van der Waals surface area contributed by atoms with Crippen molar-refractivity contribution in [3.63, 3.8) is 0 Å². The molecule has 1 saturated heterocycles. The van der Waals surface area contributed by atoms with E-state index < -0.39 is 29.2 Å². The molecule has 2 aromatic heterocycles. The van der Waals surface area contributed by atoms with Crippen LogP contribution in [0.4, 0.5) is 5.13 Å². The number of nitrogens with one attached hydrogen (secondary N) is 2. The number of nitrogen functional groups attached to an aromatic ring is 1. The summed E-state index contributed by atoms with van der Waals surface area (Å²) < 4.78 is 1.85. The van der Waals surface area contributed by atoms with Crippen LogP contribution in [-0.4, -0.2) is 69.5 Å². The first-order valence-electron chi connectivity index (χ1n) is 11.1. The van der Waals surface area contributed by atoms with E-state index in [1.54, 1.807) is 5.38 Å². The number of aromatic nitrogens is 2. The maximum atomic E-state index is 13.0. The molecule has 37 heavy (non-hydrogen) atoms. The first kappa shape index (κ1) is 26.8. The predicted molar refractivity (Wildman–Crippen MR) is 139 cm³/mol. The summed E-state index contributed by atoms with van der Waals surface area (Å²) in [7, 11) is 1.28. The van der Waals surface area contributed by atoms with Gasteiger partial charge in [-0.05, 0) is 19.4 Å². The SMILES string of the molecule is CO/N=C(\C(=O)N[C@@H]1C(=O)N2C(C(=O)[O-])=C(CSc3cc[n+](NC(C)C)cc3)CS[C@H]12)c1csc(N)n1. The molecule has 15 heteroatoms. The van der Waals surface area contributed by atoms with Crippen molar-refractivity contribution in [3.8, 4) is 0 Å². The highest BCUT2D eigenvalue weighted by Gasteiger charge is 2.53. The minimum absolute atomic E-state index is 0.136. The number of amides is 2. The van der Waals surface area contributed by atoms with E-state index in [0.717, 1.165) is 16.2 Å². The Balaban J connectivity index is 1.44. The largest absolute Gasteiger partial charge is 0.543 e. The molecule has 4 N–H and O–H groups in total. The lowest BCUT2D eigenvalue weighted by molar-refractivity contribution is -0.653. The summed E-state index contributed by atoms with van der Waals surface area (Å²) in [4.78, 5) is 48.8. The summed E-state index contributed by atoms with van der Waals surface area (Å²) in [6, 6.07) is 3.19. The second kappa shape index (κ2) is 11.4. The number of carboxylic acid groups (broad SMARTS) is 1. The molecule has 2 atom stereocenters. The maximum absolute atomic E-state index is 13.0. The van der Waals surface area contributed by atoms with Gasteiger partial charge in [0.15, 0.2) is 10.8 Å². The summed E-state index contributed by atoms with van der Waals surface area (Å²) >= 11 is 3.97. The number of carbonyl (C=O) groups excluding carboxylic acids is 3. The maximum Gasteiger partial charge on any atom is 0.276 e. The van der Waals surface area contributed by atoms with Gasteiger partial charge < -0.3 is 25.8 Å². The third kappa shape index (κ3) is 5.83. The highest BCUT2D eigenvalue weighted by Crippen LogP contribution is 2.41. The van der Waals surface area contributed by atoms with Gasteiger partial charge in [-0.25, -0.2) is 4.98 Å². The summed E-state index contributed by atoms with van der Waals surface area (Å²) in [6.45, 7) is 4.07. The number of nitrogens with zero attached hydrogens (tertiary/aromatic N) is 4. The van der Waals surface area contributed by atoms with E-state index >= 15 is 0 Å². The molecule has 2 aliphatic heterocycles. The van der Waals surface area contributed by atoms with Gasteiger partial charge in [0.1, 0.15) is 24.2 Å². The van der Waals surface area contributed by atoms with Crippen molar-refractivity contribution >= 4 is 63.5 Å². The van der Waals surface area contributed by atoms with Gasteiger partial charge in [-0.3, -0.25) is 14.5 Å². The highest BCUT2D eigenvalue weighted by molar-refractivity contribution is 8.01. The van der Waals surface area contributed by atoms with Crippen LogP contribution in [0.15, 0.2) is 51.2 Å². The Kier molecular flexibility index (Phi) is 8.24. The number of aliphatic carboxylic acids is 1. The van der Waals surface area contributed by atoms with Crippen molar-refractivity contribution < 1.29 is 29.0 Å². The van der Waals surface area contributed by atoms with Crippen molar-refractivity contribution in [2.45, 2.75) is 36.2 Å². The van der Waals surface area contributed by atoms with Crippen LogP contribution in [0, 0.1) is 0 Å². The Morgan fingerprint density at radius 3 is 2.73 bits per heavy atom. The molecular formula is C22H25N7O5S3. The van der Waals surface area contributed by atoms with Crippen LogP contribution >= 0.6 is 34.9 Å². The molecule has 0 spiro atoms. The van der Waals surface area contributed by atoms with Crippen LogP contribution in [-0.2, 0) is 19.2 Å². The van der Waals surface area contributed by atoms with Gasteiger partial charge in [0, 0.05) is 33.9 Å². The number of thiazole rings is 1. The van der Waals surface area contributed by atoms with E-state index in [4.69, 9.17) is 10.6 Å². The van der Waals surface area contributed by atoms with E-state index in [1.165, 1.54) is 35.5 Å². The zero-order valence-electron chi connectivity index (χ0n) is 20.2. The third-order valence-electron chi connectivity index (χ3n) is 5.31. The van der Waals surface area contributed by atoms with E-state index in [-0.39, 0.29) is 28.3 Å². The summed E-state index contributed by atoms with van der Waals surface area (Å²) in [6.07, 6.45) is 3.77. The molecule has 0 unspecified atom stereocenters. The molecule has 0 aromatic carbocycles. The molecule has 4 heterocycles. The van der Waals surface area contributed by atoms with E-state index in [9.17, 15) is 19.5 Å². The fourth-order valence-electron chi connectivity index (χ4n) is 3.75. The van der Waals surface area contributed by atoms with Crippen molar-refractivity contribution in [2.75, 3.05) is 29.8 Å². The van der Waals surface area contributed by atoms with Crippen LogP contribution in [0.1, 0.15) is 19.5 Å². The van der Waals surface area contributed by atoms with E-state index in [0.29, 0.717) is 17.1 Å². The lowest BCUT2D eigenvalue weighted by Gasteiger charge is -2.50. The zero-order chi connectivity index (χ0) is 26.7. The zero-order valence-corrected chi connectivity index (χ0v) is 22.6. The molecule has 2 aliphatic rings. The molecule has 2 amide bonds. The third-order valence-corrected chi connectivity index (χ3v) is 8.42. The number of hydrogen-bond acceptors (Lipinski definition) is 12. The van der Waals surface area contributed by atoms with Crippen LogP contribution in [0.2, 0.25) is 0 Å². The van der Waals surface area contributed by atoms with Crippen molar-refractivity contribution in [2.24, 2.45) is 5.16 Å². The molecule has 4 rings (SSSR count). The first-order valence-corrected chi connectivity index (χ1v) is 14.0. The van der Waals surface area contributed by atoms with Gasteiger partial charge in [0.05, 0.1) is 17.7 Å². The van der Waals surface area contributed by atoms with Gasteiger partial charge in [-0.1, -0.05) is 9.83 Å². The number of thioether (sulfide) groups is 2. The fraction of sp³-hybridized carbons (Fsp3) is 0.364. The number of oxime groups is 1. The minimum Gasteiger partial charge on any atom is -0.543 e. The molecular weight excluding hydrogens is 538 g/mol. The second-order valence-electron chi connectivity index (χ2n) is 8.31. The molecule has 12 nitrogen and oxygen atoms in total. The quantitative estimate of drug-likeness (QED) is 0.113. The summed E-state index contributed by atoms with van der Waals surface area (Å²) in [5.74, 6) is -1.89. The molecule has 196 valence electrons. The van der Waals surface area contributed by atoms with E-state index in [2.05, 4.69) is 20.9 Å². The predicted octanol–water partition coefficient (Wildman–Crippen LogP) is -0.489. The Morgan fingerprint density at radius 2 is 2.14 bits per heavy atom. The van der Waals surface area contributed by atoms with E-state index in [1.807, 2.05) is 43.0 Å². The minimum atomic E-state index is -1.43. The average Bonchev–Trinajstić information content (AvgIpc) is 3.29. The van der Waals surface area contributed by atoms with Crippen molar-refractivity contribution in [3.05, 3.63) is 46.9 Å². The Labute approximate surface area is 225 Å². The summed E-state index contributed by atoms with van der Waals surface area (Å²) in [5, 5.41) is 19.6. The molecule has 2 aromatic rings. The number of carbonyl (C=O) groups is 3. The Morgan fingerprint density at radius 1 is 1.41 bits per heavy atom. The van der Waals surface area contributed by atoms with Crippen LogP contribution in [0.5, 0.6) is 0 Å². The number of β-lactam (4-membered cyclic amide) rings is 1. The number of carboxylic acids is 1. The summed E-state index contributed by atoms with van der Waals surface area (Å²) in [5.41, 5.74) is 9.40. The number of pyridine rings is 1. The number of hydrogen-bond donors (Lipinski definition) is 3. The second-order valence-corrected chi connectivity index (χ2v) is 11.4. The van der Waals surface area contributed by atoms with Crippen LogP contribution in [0.3, 0.4) is 0 Å². The van der Waals surface area contributed by atoms with Gasteiger partial charge in [0.2, 0.25) is 12.4 Å². The lowest BCUT2D eigenvalue weighted by Crippen LogP contribution is -2.71. The van der Waals surface area contributed by atoms with Gasteiger partial charge in [-0.15, -0.1) is 34.9 Å². The Bertz CT molecular complexity index is 1260. The highest BCUT2D eigenvalue weighted by atomic mass is 32.2. The molecule has 0 bridgehead atoms.